The normalized spacial score (nSPS) is 12.0. The summed E-state index contributed by atoms with van der Waals surface area (Å²) in [5.41, 5.74) is 2.96. The van der Waals surface area contributed by atoms with Crippen LogP contribution in [0.1, 0.15) is 36.5 Å². The van der Waals surface area contributed by atoms with E-state index in [-0.39, 0.29) is 18.9 Å². The van der Waals surface area contributed by atoms with Crippen LogP contribution in [-0.2, 0) is 32.6 Å². The maximum atomic E-state index is 14.0. The van der Waals surface area contributed by atoms with Crippen LogP contribution in [0.5, 0.6) is 0 Å². The third-order valence-electron chi connectivity index (χ3n) is 6.34. The lowest BCUT2D eigenvalue weighted by Gasteiger charge is -2.33. The van der Waals surface area contributed by atoms with Gasteiger partial charge in [0.25, 0.3) is 0 Å². The number of nitrogens with zero attached hydrogens (tertiary/aromatic N) is 2. The average molecular weight is 570 g/mol. The van der Waals surface area contributed by atoms with E-state index in [0.717, 1.165) is 40.1 Å². The van der Waals surface area contributed by atoms with Gasteiger partial charge in [0.15, 0.2) is 0 Å². The van der Waals surface area contributed by atoms with Crippen molar-refractivity contribution in [2.75, 3.05) is 23.7 Å². The number of nitrogens with one attached hydrogen (secondary N) is 1. The zero-order valence-corrected chi connectivity index (χ0v) is 24.2. The summed E-state index contributed by atoms with van der Waals surface area (Å²) in [6.45, 7) is 4.06. The Balaban J connectivity index is 2.02. The molecule has 3 rings (SSSR count). The number of carbonyl (C=O) groups is 2. The van der Waals surface area contributed by atoms with Crippen LogP contribution in [0, 0.1) is 6.92 Å². The summed E-state index contributed by atoms with van der Waals surface area (Å²) in [7, 11) is -3.80. The molecule has 0 aliphatic rings. The highest BCUT2D eigenvalue weighted by Crippen LogP contribution is 2.21. The van der Waals surface area contributed by atoms with Crippen molar-refractivity contribution >= 4 is 39.1 Å². The second-order valence-corrected chi connectivity index (χ2v) is 12.0. The number of rotatable bonds is 13. The Labute approximate surface area is 236 Å². The number of hydrogen-bond donors (Lipinski definition) is 1. The van der Waals surface area contributed by atoms with E-state index in [9.17, 15) is 18.0 Å². The molecule has 39 heavy (non-hydrogen) atoms. The Bertz CT molecular complexity index is 1350. The number of aryl methyl sites for hydroxylation is 1. The quantitative estimate of drug-likeness (QED) is 0.294. The van der Waals surface area contributed by atoms with E-state index in [1.165, 1.54) is 4.90 Å². The van der Waals surface area contributed by atoms with Gasteiger partial charge in [0.2, 0.25) is 21.8 Å². The van der Waals surface area contributed by atoms with Crippen molar-refractivity contribution in [1.82, 2.24) is 10.2 Å². The van der Waals surface area contributed by atoms with Crippen molar-refractivity contribution in [2.24, 2.45) is 0 Å². The number of hydrogen-bond acceptors (Lipinski definition) is 4. The average Bonchev–Trinajstić information content (AvgIpc) is 2.90. The van der Waals surface area contributed by atoms with Crippen molar-refractivity contribution in [3.05, 3.63) is 101 Å². The van der Waals surface area contributed by atoms with Crippen LogP contribution in [0.4, 0.5) is 5.69 Å². The van der Waals surface area contributed by atoms with Crippen molar-refractivity contribution in [3.8, 4) is 0 Å². The Morgan fingerprint density at radius 3 is 2.23 bits per heavy atom. The second kappa shape index (κ2) is 14.1. The molecule has 7 nitrogen and oxygen atoms in total. The molecule has 1 N–H and O–H groups in total. The van der Waals surface area contributed by atoms with Gasteiger partial charge in [-0.25, -0.2) is 8.42 Å². The van der Waals surface area contributed by atoms with Gasteiger partial charge in [0.1, 0.15) is 12.6 Å². The van der Waals surface area contributed by atoms with Gasteiger partial charge in [0.05, 0.1) is 11.9 Å². The van der Waals surface area contributed by atoms with Gasteiger partial charge in [-0.1, -0.05) is 85.1 Å². The molecule has 0 aliphatic carbocycles. The fraction of sp³-hybridized carbons (Fsp3) is 0.333. The number of halogens is 1. The van der Waals surface area contributed by atoms with E-state index in [1.807, 2.05) is 50.2 Å². The zero-order chi connectivity index (χ0) is 28.4. The van der Waals surface area contributed by atoms with Crippen LogP contribution in [-0.4, -0.2) is 50.5 Å². The van der Waals surface area contributed by atoms with E-state index in [0.29, 0.717) is 17.3 Å². The van der Waals surface area contributed by atoms with Crippen molar-refractivity contribution in [3.63, 3.8) is 0 Å². The second-order valence-electron chi connectivity index (χ2n) is 9.61. The van der Waals surface area contributed by atoms with E-state index in [2.05, 4.69) is 5.32 Å². The lowest BCUT2D eigenvalue weighted by molar-refractivity contribution is -0.140. The number of unbranched alkanes of at least 4 members (excludes halogenated alkanes) is 1. The van der Waals surface area contributed by atoms with Crippen LogP contribution in [0.25, 0.3) is 0 Å². The molecule has 9 heteroatoms. The number of carbonyl (C=O) groups excluding carboxylic acids is 2. The van der Waals surface area contributed by atoms with Crippen LogP contribution in [0.3, 0.4) is 0 Å². The highest BCUT2D eigenvalue weighted by Gasteiger charge is 2.33. The maximum absolute atomic E-state index is 14.0. The molecule has 0 fully saturated rings. The van der Waals surface area contributed by atoms with Crippen LogP contribution in [0.2, 0.25) is 5.02 Å². The summed E-state index contributed by atoms with van der Waals surface area (Å²) in [5, 5.41) is 3.47. The smallest absolute Gasteiger partial charge is 0.244 e. The summed E-state index contributed by atoms with van der Waals surface area (Å²) >= 11 is 6.23. The largest absolute Gasteiger partial charge is 0.354 e. The molecule has 2 amide bonds. The molecule has 3 aromatic rings. The Hall–Kier alpha value is -3.36. The molecule has 208 valence electrons. The Kier molecular flexibility index (Phi) is 10.9. The first-order valence-electron chi connectivity index (χ1n) is 13.0. The molecule has 1 atom stereocenters. The van der Waals surface area contributed by atoms with Gasteiger partial charge < -0.3 is 10.2 Å². The summed E-state index contributed by atoms with van der Waals surface area (Å²) in [6, 6.07) is 22.6. The summed E-state index contributed by atoms with van der Waals surface area (Å²) in [6.07, 6.45) is 3.06. The van der Waals surface area contributed by atoms with Crippen molar-refractivity contribution in [2.45, 2.75) is 45.7 Å². The van der Waals surface area contributed by atoms with Crippen LogP contribution >= 0.6 is 11.6 Å². The van der Waals surface area contributed by atoms with Crippen LogP contribution < -0.4 is 9.62 Å². The molecule has 0 spiro atoms. The first-order valence-corrected chi connectivity index (χ1v) is 15.2. The predicted molar refractivity (Wildman–Crippen MR) is 157 cm³/mol. The highest BCUT2D eigenvalue weighted by atomic mass is 35.5. The molecule has 0 saturated carbocycles. The monoisotopic (exact) mass is 569 g/mol. The minimum absolute atomic E-state index is 0.0869. The molecule has 3 aromatic carbocycles. The van der Waals surface area contributed by atoms with Gasteiger partial charge >= 0.3 is 0 Å². The van der Waals surface area contributed by atoms with Gasteiger partial charge in [-0.2, -0.15) is 0 Å². The first-order chi connectivity index (χ1) is 18.6. The fourth-order valence-electron chi connectivity index (χ4n) is 4.22. The Morgan fingerprint density at radius 2 is 1.62 bits per heavy atom. The molecule has 0 heterocycles. The molecule has 1 unspecified atom stereocenters. The predicted octanol–water partition coefficient (Wildman–Crippen LogP) is 4.97. The minimum atomic E-state index is -3.80. The number of anilines is 1. The minimum Gasteiger partial charge on any atom is -0.354 e. The van der Waals surface area contributed by atoms with E-state index in [1.54, 1.807) is 42.5 Å². The van der Waals surface area contributed by atoms with Crippen molar-refractivity contribution < 1.29 is 18.0 Å². The van der Waals surface area contributed by atoms with E-state index >= 15 is 0 Å². The standard InChI is InChI=1S/C30H36ClN3O4S/c1-4-5-18-32-30(36)28(20-24-10-7-6-8-11-24)33(21-25-12-9-13-26(31)19-25)29(35)22-34(39(3,37)38)27-16-14-23(2)15-17-27/h6-17,19,28H,4-5,18,20-22H2,1-3H3,(H,32,36). The molecule has 0 bridgehead atoms. The molecule has 0 aliphatic heterocycles. The lowest BCUT2D eigenvalue weighted by Crippen LogP contribution is -2.53. The third kappa shape index (κ3) is 9.11. The SMILES string of the molecule is CCCCNC(=O)C(Cc1ccccc1)N(Cc1cccc(Cl)c1)C(=O)CN(c1ccc(C)cc1)S(C)(=O)=O. The van der Waals surface area contributed by atoms with Crippen LogP contribution in [0.15, 0.2) is 78.9 Å². The zero-order valence-electron chi connectivity index (χ0n) is 22.6. The first kappa shape index (κ1) is 30.2. The Morgan fingerprint density at radius 1 is 0.949 bits per heavy atom. The maximum Gasteiger partial charge on any atom is 0.244 e. The number of amides is 2. The lowest BCUT2D eigenvalue weighted by atomic mass is 10.0. The van der Waals surface area contributed by atoms with Gasteiger partial charge in [-0.3, -0.25) is 13.9 Å². The van der Waals surface area contributed by atoms with Gasteiger partial charge in [-0.15, -0.1) is 0 Å². The molecular formula is C30H36ClN3O4S. The van der Waals surface area contributed by atoms with E-state index in [4.69, 9.17) is 11.6 Å². The molecule has 0 saturated heterocycles. The highest BCUT2D eigenvalue weighted by molar-refractivity contribution is 7.92. The third-order valence-corrected chi connectivity index (χ3v) is 7.72. The fourth-order valence-corrected chi connectivity index (χ4v) is 5.28. The molecule has 0 aromatic heterocycles. The van der Waals surface area contributed by atoms with Gasteiger partial charge in [-0.05, 0) is 48.7 Å². The van der Waals surface area contributed by atoms with Gasteiger partial charge in [0, 0.05) is 24.5 Å². The summed E-state index contributed by atoms with van der Waals surface area (Å²) in [5.74, 6) is -0.781. The molecular weight excluding hydrogens is 534 g/mol. The topological polar surface area (TPSA) is 86.8 Å². The molecule has 0 radical (unpaired) electrons. The van der Waals surface area contributed by atoms with E-state index < -0.39 is 28.5 Å². The summed E-state index contributed by atoms with van der Waals surface area (Å²) < 4.78 is 26.7. The summed E-state index contributed by atoms with van der Waals surface area (Å²) in [4.78, 5) is 29.0. The van der Waals surface area contributed by atoms with Crippen molar-refractivity contribution in [1.29, 1.82) is 0 Å². The number of benzene rings is 3. The number of sulfonamides is 1.